The molecule has 0 unspecified atom stereocenters. The Morgan fingerprint density at radius 2 is 2.10 bits per heavy atom. The zero-order valence-electron chi connectivity index (χ0n) is 11.8. The van der Waals surface area contributed by atoms with Crippen molar-refractivity contribution in [2.45, 2.75) is 39.0 Å². The molecule has 1 aromatic heterocycles. The van der Waals surface area contributed by atoms with E-state index >= 15 is 0 Å². The van der Waals surface area contributed by atoms with Crippen LogP contribution in [0.15, 0.2) is 24.3 Å². The molecule has 0 bridgehead atoms. The molecule has 2 nitrogen and oxygen atoms in total. The summed E-state index contributed by atoms with van der Waals surface area (Å²) in [5.74, 6) is 0.671. The van der Waals surface area contributed by atoms with E-state index < -0.39 is 0 Å². The fraction of sp³-hybridized carbons (Fsp3) is 0.375. The Balaban J connectivity index is 1.61. The van der Waals surface area contributed by atoms with Crippen LogP contribution in [0, 0.1) is 6.92 Å². The minimum absolute atomic E-state index is 0.535. The van der Waals surface area contributed by atoms with Crippen LogP contribution < -0.4 is 10.1 Å². The van der Waals surface area contributed by atoms with Crippen LogP contribution in [0.2, 0.25) is 10.0 Å². The molecule has 0 radical (unpaired) electrons. The topological polar surface area (TPSA) is 21.3 Å². The predicted octanol–water partition coefficient (Wildman–Crippen LogP) is 5.19. The normalized spacial score (nSPS) is 14.4. The molecular weight excluding hydrogens is 325 g/mol. The SMILES string of the molecule is Cc1sc(CNC2CC2)cc1COc1ccc(Cl)cc1Cl. The molecule has 1 aliphatic carbocycles. The fourth-order valence-corrected chi connectivity index (χ4v) is 3.56. The van der Waals surface area contributed by atoms with Crippen LogP contribution in [0.1, 0.15) is 28.2 Å². The van der Waals surface area contributed by atoms with Crippen LogP contribution in [-0.2, 0) is 13.2 Å². The summed E-state index contributed by atoms with van der Waals surface area (Å²) in [5.41, 5.74) is 1.22. The number of halogens is 2. The second-order valence-corrected chi connectivity index (χ2v) is 7.50. The lowest BCUT2D eigenvalue weighted by molar-refractivity contribution is 0.306. The van der Waals surface area contributed by atoms with Crippen LogP contribution in [0.3, 0.4) is 0 Å². The van der Waals surface area contributed by atoms with E-state index in [0.29, 0.717) is 22.4 Å². The van der Waals surface area contributed by atoms with Gasteiger partial charge in [0.05, 0.1) is 5.02 Å². The zero-order valence-corrected chi connectivity index (χ0v) is 14.1. The average Bonchev–Trinajstić information content (AvgIpc) is 3.20. The van der Waals surface area contributed by atoms with Gasteiger partial charge in [-0.05, 0) is 44.0 Å². The summed E-state index contributed by atoms with van der Waals surface area (Å²) >= 11 is 13.8. The van der Waals surface area contributed by atoms with Crippen molar-refractivity contribution < 1.29 is 4.74 Å². The lowest BCUT2D eigenvalue weighted by atomic mass is 10.2. The van der Waals surface area contributed by atoms with E-state index in [4.69, 9.17) is 27.9 Å². The summed E-state index contributed by atoms with van der Waals surface area (Å²) in [5, 5.41) is 4.70. The molecule has 0 spiro atoms. The van der Waals surface area contributed by atoms with E-state index in [-0.39, 0.29) is 0 Å². The lowest BCUT2D eigenvalue weighted by Crippen LogP contribution is -2.14. The first kappa shape index (κ1) is 15.2. The Bertz CT molecular complexity index is 637. The molecule has 0 aliphatic heterocycles. The lowest BCUT2D eigenvalue weighted by Gasteiger charge is -2.07. The number of aryl methyl sites for hydroxylation is 1. The van der Waals surface area contributed by atoms with Crippen LogP contribution in [-0.4, -0.2) is 6.04 Å². The molecule has 112 valence electrons. The summed E-state index contributed by atoms with van der Waals surface area (Å²) < 4.78 is 5.81. The number of rotatable bonds is 6. The minimum Gasteiger partial charge on any atom is -0.487 e. The standard InChI is InChI=1S/C16H17Cl2NOS/c1-10-11(6-14(21-10)8-19-13-3-4-13)9-20-16-5-2-12(17)7-15(16)18/h2,5-7,13,19H,3-4,8-9H2,1H3. The Morgan fingerprint density at radius 1 is 1.29 bits per heavy atom. The predicted molar refractivity (Wildman–Crippen MR) is 89.7 cm³/mol. The highest BCUT2D eigenvalue weighted by Gasteiger charge is 2.20. The van der Waals surface area contributed by atoms with Crippen molar-refractivity contribution in [3.63, 3.8) is 0 Å². The summed E-state index contributed by atoms with van der Waals surface area (Å²) in [7, 11) is 0. The molecule has 1 aromatic carbocycles. The number of hydrogen-bond acceptors (Lipinski definition) is 3. The zero-order chi connectivity index (χ0) is 14.8. The third-order valence-corrected chi connectivity index (χ3v) is 5.11. The number of benzene rings is 1. The second kappa shape index (κ2) is 6.57. The van der Waals surface area contributed by atoms with Gasteiger partial charge >= 0.3 is 0 Å². The third kappa shape index (κ3) is 4.13. The third-order valence-electron chi connectivity index (χ3n) is 3.49. The Kier molecular flexibility index (Phi) is 4.75. The van der Waals surface area contributed by atoms with Gasteiger partial charge in [-0.3, -0.25) is 0 Å². The van der Waals surface area contributed by atoms with Crippen LogP contribution >= 0.6 is 34.5 Å². The quantitative estimate of drug-likeness (QED) is 0.780. The van der Waals surface area contributed by atoms with Crippen molar-refractivity contribution in [3.8, 4) is 5.75 Å². The monoisotopic (exact) mass is 341 g/mol. The van der Waals surface area contributed by atoms with Gasteiger partial charge in [-0.15, -0.1) is 11.3 Å². The maximum absolute atomic E-state index is 6.12. The van der Waals surface area contributed by atoms with Gasteiger partial charge in [0.15, 0.2) is 0 Å². The molecule has 1 aliphatic rings. The molecule has 0 amide bonds. The summed E-state index contributed by atoms with van der Waals surface area (Å²) in [6.45, 7) is 3.62. The van der Waals surface area contributed by atoms with E-state index in [1.807, 2.05) is 17.4 Å². The van der Waals surface area contributed by atoms with Gasteiger partial charge in [0, 0.05) is 32.9 Å². The Hall–Kier alpha value is -0.740. The molecule has 0 saturated heterocycles. The van der Waals surface area contributed by atoms with Gasteiger partial charge in [-0.1, -0.05) is 23.2 Å². The van der Waals surface area contributed by atoms with E-state index in [9.17, 15) is 0 Å². The first-order valence-electron chi connectivity index (χ1n) is 7.01. The van der Waals surface area contributed by atoms with Crippen molar-refractivity contribution in [2.75, 3.05) is 0 Å². The highest BCUT2D eigenvalue weighted by molar-refractivity contribution is 7.12. The van der Waals surface area contributed by atoms with Crippen LogP contribution in [0.5, 0.6) is 5.75 Å². The molecule has 1 fully saturated rings. The highest BCUT2D eigenvalue weighted by Crippen LogP contribution is 2.30. The second-order valence-electron chi connectivity index (χ2n) is 5.31. The highest BCUT2D eigenvalue weighted by atomic mass is 35.5. The molecule has 3 rings (SSSR count). The molecule has 1 N–H and O–H groups in total. The van der Waals surface area contributed by atoms with Gasteiger partial charge in [0.1, 0.15) is 12.4 Å². The maximum Gasteiger partial charge on any atom is 0.138 e. The van der Waals surface area contributed by atoms with E-state index in [1.54, 1.807) is 12.1 Å². The van der Waals surface area contributed by atoms with Crippen LogP contribution in [0.25, 0.3) is 0 Å². The smallest absolute Gasteiger partial charge is 0.138 e. The van der Waals surface area contributed by atoms with Gasteiger partial charge in [0.2, 0.25) is 0 Å². The molecule has 21 heavy (non-hydrogen) atoms. The molecule has 1 saturated carbocycles. The Labute approximate surface area is 139 Å². The number of nitrogens with one attached hydrogen (secondary N) is 1. The summed E-state index contributed by atoms with van der Waals surface area (Å²) in [4.78, 5) is 2.66. The van der Waals surface area contributed by atoms with E-state index in [0.717, 1.165) is 12.6 Å². The van der Waals surface area contributed by atoms with Crippen molar-refractivity contribution in [1.29, 1.82) is 0 Å². The molecular formula is C16H17Cl2NOS. The van der Waals surface area contributed by atoms with E-state index in [1.165, 1.54) is 28.2 Å². The number of ether oxygens (including phenoxy) is 1. The van der Waals surface area contributed by atoms with Crippen molar-refractivity contribution in [1.82, 2.24) is 5.32 Å². The molecule has 1 heterocycles. The van der Waals surface area contributed by atoms with Crippen molar-refractivity contribution in [2.24, 2.45) is 0 Å². The summed E-state index contributed by atoms with van der Waals surface area (Å²) in [6, 6.07) is 8.25. The fourth-order valence-electron chi connectivity index (χ4n) is 2.10. The number of hydrogen-bond donors (Lipinski definition) is 1. The molecule has 2 aromatic rings. The number of thiophene rings is 1. The first-order valence-corrected chi connectivity index (χ1v) is 8.58. The minimum atomic E-state index is 0.535. The molecule has 5 heteroatoms. The van der Waals surface area contributed by atoms with Crippen molar-refractivity contribution >= 4 is 34.5 Å². The maximum atomic E-state index is 6.12. The average molecular weight is 342 g/mol. The molecule has 0 atom stereocenters. The van der Waals surface area contributed by atoms with Crippen molar-refractivity contribution in [3.05, 3.63) is 49.6 Å². The van der Waals surface area contributed by atoms with E-state index in [2.05, 4.69) is 18.3 Å². The van der Waals surface area contributed by atoms with Gasteiger partial charge < -0.3 is 10.1 Å². The first-order chi connectivity index (χ1) is 10.1. The van der Waals surface area contributed by atoms with Gasteiger partial charge in [-0.25, -0.2) is 0 Å². The van der Waals surface area contributed by atoms with Gasteiger partial charge in [0.25, 0.3) is 0 Å². The summed E-state index contributed by atoms with van der Waals surface area (Å²) in [6.07, 6.45) is 2.63. The van der Waals surface area contributed by atoms with Gasteiger partial charge in [-0.2, -0.15) is 0 Å². The largest absolute Gasteiger partial charge is 0.487 e. The Morgan fingerprint density at radius 3 is 2.81 bits per heavy atom. The van der Waals surface area contributed by atoms with Crippen LogP contribution in [0.4, 0.5) is 0 Å².